The van der Waals surface area contributed by atoms with Gasteiger partial charge in [0.05, 0.1) is 7.11 Å². The van der Waals surface area contributed by atoms with E-state index in [9.17, 15) is 0 Å². The summed E-state index contributed by atoms with van der Waals surface area (Å²) in [6.45, 7) is 0. The molecule has 0 bridgehead atoms. The quantitative estimate of drug-likeness (QED) is 0.263. The first kappa shape index (κ1) is 6.97. The Balaban J connectivity index is 3.17. The lowest BCUT2D eigenvalue weighted by Crippen LogP contribution is -2.30. The lowest BCUT2D eigenvalue weighted by molar-refractivity contribution is 0.145. The van der Waals surface area contributed by atoms with Crippen molar-refractivity contribution in [1.29, 1.82) is 0 Å². The summed E-state index contributed by atoms with van der Waals surface area (Å²) < 4.78 is 0. The van der Waals surface area contributed by atoms with Gasteiger partial charge in [0, 0.05) is 0 Å². The smallest absolute Gasteiger partial charge is 0.295 e. The van der Waals surface area contributed by atoms with Gasteiger partial charge >= 0.3 is 5.11 Å². The maximum absolute atomic E-state index is 5.23. The number of hydroxylamine groups is 1. The fourth-order valence-corrected chi connectivity index (χ4v) is 0.309. The summed E-state index contributed by atoms with van der Waals surface area (Å²) in [5, 5.41) is 0.572. The maximum atomic E-state index is 5.23. The average Bonchev–Trinajstić information content (AvgIpc) is 1.68. The molecule has 0 atom stereocenters. The van der Waals surface area contributed by atoms with Crippen molar-refractivity contribution in [1.82, 2.24) is 5.48 Å². The molecule has 3 nitrogen and oxygen atoms in total. The molecular formula is C3H9N2OS+. The van der Waals surface area contributed by atoms with Crippen LogP contribution in [-0.2, 0) is 16.2 Å². The predicted molar refractivity (Wildman–Crippen MR) is 32.6 cm³/mol. The van der Waals surface area contributed by atoms with E-state index in [1.807, 2.05) is 6.26 Å². The molecule has 0 aromatic rings. The molecule has 0 aromatic heterocycles. The Morgan fingerprint density at radius 1 is 1.86 bits per heavy atom. The van der Waals surface area contributed by atoms with Gasteiger partial charge in [0.15, 0.2) is 6.26 Å². The van der Waals surface area contributed by atoms with Gasteiger partial charge in [-0.2, -0.15) is 0 Å². The fraction of sp³-hybridized carbons (Fsp3) is 0.667. The minimum atomic E-state index is 0.572. The summed E-state index contributed by atoms with van der Waals surface area (Å²) in [4.78, 5) is 4.46. The first-order valence-electron chi connectivity index (χ1n) is 1.76. The molecule has 0 aliphatic rings. The van der Waals surface area contributed by atoms with Crippen LogP contribution in [-0.4, -0.2) is 18.5 Å². The summed E-state index contributed by atoms with van der Waals surface area (Å²) >= 11 is 1.41. The van der Waals surface area contributed by atoms with Crippen LogP contribution < -0.4 is 11.2 Å². The topological polar surface area (TPSA) is 47.3 Å². The normalized spacial score (nSPS) is 12.1. The van der Waals surface area contributed by atoms with E-state index >= 15 is 0 Å². The van der Waals surface area contributed by atoms with Crippen LogP contribution >= 0.6 is 0 Å². The highest BCUT2D eigenvalue weighted by Crippen LogP contribution is 1.50. The molecule has 0 spiro atoms. The molecule has 3 N–H and O–H groups in total. The van der Waals surface area contributed by atoms with E-state index in [1.165, 1.54) is 18.5 Å². The Morgan fingerprint density at radius 3 is 2.57 bits per heavy atom. The van der Waals surface area contributed by atoms with Gasteiger partial charge in [0.25, 0.3) is 0 Å². The van der Waals surface area contributed by atoms with Crippen molar-refractivity contribution in [3.63, 3.8) is 0 Å². The van der Waals surface area contributed by atoms with E-state index in [4.69, 9.17) is 5.73 Å². The molecule has 0 amide bonds. The predicted octanol–water partition coefficient (Wildman–Crippen LogP) is -1.10. The number of hydrogen-bond acceptors (Lipinski definition) is 1. The second-order valence-corrected chi connectivity index (χ2v) is 1.72. The van der Waals surface area contributed by atoms with Gasteiger partial charge in [-0.25, -0.2) is 5.73 Å². The van der Waals surface area contributed by atoms with Crippen LogP contribution in [0.15, 0.2) is 0 Å². The lowest BCUT2D eigenvalue weighted by Gasteiger charge is -1.86. The van der Waals surface area contributed by atoms with Gasteiger partial charge in [0.1, 0.15) is 0 Å². The van der Waals surface area contributed by atoms with Crippen molar-refractivity contribution in [2.75, 3.05) is 13.4 Å². The molecular weight excluding hydrogens is 112 g/mol. The highest BCUT2D eigenvalue weighted by Gasteiger charge is 1.93. The zero-order valence-electron chi connectivity index (χ0n) is 4.39. The Bertz CT molecular complexity index is 73.3. The number of rotatable bonds is 1. The van der Waals surface area contributed by atoms with Gasteiger partial charge in [-0.15, -0.1) is 5.48 Å². The van der Waals surface area contributed by atoms with Gasteiger partial charge < -0.3 is 0 Å². The van der Waals surface area contributed by atoms with Crippen LogP contribution in [0.25, 0.3) is 0 Å². The zero-order valence-corrected chi connectivity index (χ0v) is 5.21. The summed E-state index contributed by atoms with van der Waals surface area (Å²) in [6, 6.07) is 0. The Labute approximate surface area is 46.8 Å². The average molecular weight is 121 g/mol. The van der Waals surface area contributed by atoms with Crippen LogP contribution in [0.5, 0.6) is 0 Å². The summed E-state index contributed by atoms with van der Waals surface area (Å²) in [5.74, 6) is 0. The van der Waals surface area contributed by atoms with E-state index < -0.39 is 0 Å². The van der Waals surface area contributed by atoms with Crippen LogP contribution in [0.1, 0.15) is 0 Å². The Morgan fingerprint density at radius 2 is 2.43 bits per heavy atom. The molecule has 0 saturated heterocycles. The second kappa shape index (κ2) is 4.14. The zero-order chi connectivity index (χ0) is 5.70. The monoisotopic (exact) mass is 121 g/mol. The first-order valence-corrected chi connectivity index (χ1v) is 2.99. The lowest BCUT2D eigenvalue weighted by atomic mass is 11.2. The van der Waals surface area contributed by atoms with Crippen molar-refractivity contribution in [3.05, 3.63) is 0 Å². The molecule has 0 heterocycles. The third-order valence-electron chi connectivity index (χ3n) is 0.423. The minimum Gasteiger partial charge on any atom is -0.295 e. The highest BCUT2D eigenvalue weighted by molar-refractivity contribution is 7.77. The van der Waals surface area contributed by atoms with Crippen molar-refractivity contribution < 1.29 is 4.84 Å². The summed E-state index contributed by atoms with van der Waals surface area (Å²) in [5.41, 5.74) is 7.68. The van der Waals surface area contributed by atoms with E-state index in [2.05, 4.69) is 10.3 Å². The van der Waals surface area contributed by atoms with Crippen LogP contribution in [0.4, 0.5) is 0 Å². The number of nitrogens with one attached hydrogen (secondary N) is 1. The first-order chi connectivity index (χ1) is 3.31. The standard InChI is InChI=1S/C3H9N2OS/c1-6-5-3(4)7-2/h5H,4H2,1-2H3/q+1. The molecule has 4 heteroatoms. The van der Waals surface area contributed by atoms with E-state index in [1.54, 1.807) is 0 Å². The Hall–Kier alpha value is -0.0300. The van der Waals surface area contributed by atoms with Gasteiger partial charge in [-0.05, 0) is 0 Å². The molecule has 0 aliphatic heterocycles. The van der Waals surface area contributed by atoms with Crippen LogP contribution in [0.3, 0.4) is 0 Å². The summed E-state index contributed by atoms with van der Waals surface area (Å²) in [7, 11) is 1.52. The molecule has 0 unspecified atom stereocenters. The molecule has 0 rings (SSSR count). The van der Waals surface area contributed by atoms with E-state index in [0.717, 1.165) is 0 Å². The molecule has 42 valence electrons. The third kappa shape index (κ3) is 3.81. The third-order valence-corrected chi connectivity index (χ3v) is 0.946. The molecule has 0 saturated carbocycles. The van der Waals surface area contributed by atoms with E-state index in [0.29, 0.717) is 5.11 Å². The van der Waals surface area contributed by atoms with Crippen molar-refractivity contribution in [3.8, 4) is 0 Å². The molecule has 0 aliphatic carbocycles. The minimum absolute atomic E-state index is 0.572. The van der Waals surface area contributed by atoms with Crippen molar-refractivity contribution in [2.24, 2.45) is 5.73 Å². The number of hydrogen-bond donors (Lipinski definition) is 2. The van der Waals surface area contributed by atoms with Gasteiger partial charge in [-0.3, -0.25) is 4.84 Å². The van der Waals surface area contributed by atoms with Crippen molar-refractivity contribution in [2.45, 2.75) is 0 Å². The second-order valence-electron chi connectivity index (χ2n) is 0.875. The van der Waals surface area contributed by atoms with Crippen LogP contribution in [0, 0.1) is 0 Å². The maximum Gasteiger partial charge on any atom is 0.340 e. The van der Waals surface area contributed by atoms with Gasteiger partial charge in [0.2, 0.25) is 11.4 Å². The van der Waals surface area contributed by atoms with E-state index in [-0.39, 0.29) is 0 Å². The molecule has 0 fully saturated rings. The molecule has 7 heavy (non-hydrogen) atoms. The SMILES string of the molecule is CON/C(N)=[S+]/C. The Kier molecular flexibility index (Phi) is 4.12. The van der Waals surface area contributed by atoms with Crippen molar-refractivity contribution >= 4 is 16.5 Å². The molecule has 0 aromatic carbocycles. The number of nitrogens with two attached hydrogens (primary N) is 1. The fourth-order valence-electron chi connectivity index (χ4n) is 0.142. The highest BCUT2D eigenvalue weighted by atomic mass is 32.1. The van der Waals surface area contributed by atoms with Crippen LogP contribution in [0.2, 0.25) is 0 Å². The van der Waals surface area contributed by atoms with Gasteiger partial charge in [-0.1, -0.05) is 0 Å². The largest absolute Gasteiger partial charge is 0.340 e. The molecule has 0 radical (unpaired) electrons. The summed E-state index contributed by atoms with van der Waals surface area (Å²) in [6.07, 6.45) is 1.86.